The normalized spacial score (nSPS) is 10.4. The molecule has 0 fully saturated rings. The van der Waals surface area contributed by atoms with Crippen molar-refractivity contribution >= 4 is 95.5 Å². The van der Waals surface area contributed by atoms with Crippen molar-refractivity contribution in [3.63, 3.8) is 0 Å². The summed E-state index contributed by atoms with van der Waals surface area (Å²) in [6.45, 7) is 15.0. The third-order valence-corrected chi connectivity index (χ3v) is 12.5. The van der Waals surface area contributed by atoms with E-state index in [9.17, 15) is 76.7 Å². The Morgan fingerprint density at radius 2 is 0.315 bits per heavy atom. The summed E-state index contributed by atoms with van der Waals surface area (Å²) in [5, 5.41) is 0. The summed E-state index contributed by atoms with van der Waals surface area (Å²) in [4.78, 5) is 206. The number of esters is 16. The summed E-state index contributed by atoms with van der Waals surface area (Å²) in [6, 6.07) is 13.1. The van der Waals surface area contributed by atoms with Crippen LogP contribution in [0, 0.1) is 0 Å². The van der Waals surface area contributed by atoms with Gasteiger partial charge in [0.15, 0.2) is 57.5 Å². The van der Waals surface area contributed by atoms with Crippen molar-refractivity contribution in [1.82, 2.24) is 0 Å². The molecule has 0 spiro atoms. The van der Waals surface area contributed by atoms with E-state index in [0.717, 1.165) is 196 Å². The predicted octanol–water partition coefficient (Wildman–Crippen LogP) is 11.1. The molecule has 0 heterocycles. The van der Waals surface area contributed by atoms with Gasteiger partial charge in [-0.15, -0.1) is 0 Å². The van der Waals surface area contributed by atoms with E-state index < -0.39 is 239 Å². The third kappa shape index (κ3) is 24.0. The maximum atomic E-state index is 13.5. The molecule has 0 N–H and O–H groups in total. The van der Waals surface area contributed by atoms with Gasteiger partial charge in [-0.1, -0.05) is 0 Å². The number of carbonyl (C=O) groups excluding carboxylic acids is 16. The van der Waals surface area contributed by atoms with E-state index in [1.165, 1.54) is 0 Å². The monoisotopic (exact) mass is 1540 g/mol. The topological polar surface area (TPSA) is 467 Å². The van der Waals surface area contributed by atoms with Gasteiger partial charge in [0.1, 0.15) is 63.2 Å². The van der Waals surface area contributed by atoms with Gasteiger partial charge in [0.2, 0.25) is 28.7 Å². The van der Waals surface area contributed by atoms with Crippen molar-refractivity contribution in [2.24, 2.45) is 0 Å². The Balaban J connectivity index is 1.61. The molecule has 0 aromatic heterocycles. The summed E-state index contributed by atoms with van der Waals surface area (Å²) < 4.78 is 120. The summed E-state index contributed by atoms with van der Waals surface area (Å²) in [5.74, 6) is -34.5. The predicted molar refractivity (Wildman–Crippen MR) is 365 cm³/mol. The largest absolute Gasteiger partial charge is 0.449 e. The number of ether oxygens (including phenoxy) is 21. The van der Waals surface area contributed by atoms with Crippen molar-refractivity contribution in [2.45, 2.75) is 111 Å². The van der Waals surface area contributed by atoms with Crippen LogP contribution < -0.4 is 99.5 Å². The summed E-state index contributed by atoms with van der Waals surface area (Å²) in [6.07, 6.45) is 0. The van der Waals surface area contributed by atoms with Crippen LogP contribution in [0.3, 0.4) is 0 Å². The van der Waals surface area contributed by atoms with E-state index in [2.05, 4.69) is 0 Å². The molecule has 0 radical (unpaired) electrons. The van der Waals surface area contributed by atoms with Gasteiger partial charge in [0.25, 0.3) is 0 Å². The van der Waals surface area contributed by atoms with E-state index in [1.807, 2.05) is 0 Å². The molecule has 0 saturated heterocycles. The molecule has 7 aromatic rings. The summed E-state index contributed by atoms with van der Waals surface area (Å²) in [7, 11) is 0. The van der Waals surface area contributed by atoms with Gasteiger partial charge in [-0.25, -0.2) is 0 Å². The van der Waals surface area contributed by atoms with Gasteiger partial charge < -0.3 is 99.5 Å². The summed E-state index contributed by atoms with van der Waals surface area (Å²) >= 11 is 0. The maximum Gasteiger partial charge on any atom is 0.308 e. The molecule has 37 heteroatoms. The molecule has 0 aliphatic rings. The van der Waals surface area contributed by atoms with Crippen LogP contribution in [0.2, 0.25) is 0 Å². The fourth-order valence-corrected chi connectivity index (χ4v) is 9.49. The first-order valence-corrected chi connectivity index (χ1v) is 31.7. The Morgan fingerprint density at radius 3 is 0.586 bits per heavy atom. The first kappa shape index (κ1) is 83.3. The smallest absolute Gasteiger partial charge is 0.308 e. The molecular weight excluding hydrogens is 1480 g/mol. The number of benzene rings is 7. The van der Waals surface area contributed by atoms with Crippen LogP contribution in [0.25, 0.3) is 11.1 Å². The Morgan fingerprint density at radius 1 is 0.144 bits per heavy atom. The maximum absolute atomic E-state index is 13.5. The van der Waals surface area contributed by atoms with Crippen molar-refractivity contribution < 1.29 is 176 Å². The zero-order valence-electron chi connectivity index (χ0n) is 61.2. The molecule has 37 nitrogen and oxygen atoms in total. The average molecular weight is 1540 g/mol. The van der Waals surface area contributed by atoms with Gasteiger partial charge >= 0.3 is 95.5 Å². The number of carbonyl (C=O) groups is 16. The van der Waals surface area contributed by atoms with Crippen LogP contribution in [-0.2, 0) is 76.7 Å². The Bertz CT molecular complexity index is 4870. The van der Waals surface area contributed by atoms with E-state index in [1.54, 1.807) is 0 Å². The highest BCUT2D eigenvalue weighted by molar-refractivity contribution is 5.96. The molecule has 580 valence electrons. The fraction of sp³-hybridized carbons (Fsp3) is 0.216. The highest BCUT2D eigenvalue weighted by atomic mass is 16.6. The zero-order chi connectivity index (χ0) is 82.2. The van der Waals surface area contributed by atoms with Crippen LogP contribution >= 0.6 is 0 Å². The minimum absolute atomic E-state index is 0.327. The first-order chi connectivity index (χ1) is 52.1. The second kappa shape index (κ2) is 36.4. The fourth-order valence-electron chi connectivity index (χ4n) is 9.49. The average Bonchev–Trinajstić information content (AvgIpc) is 0.751. The van der Waals surface area contributed by atoms with Crippen LogP contribution in [0.4, 0.5) is 0 Å². The molecule has 0 atom stereocenters. The lowest BCUT2D eigenvalue weighted by Crippen LogP contribution is -2.13. The second-order valence-corrected chi connectivity index (χ2v) is 22.3. The standard InChI is InChI=1S/C74H62O37/c1-31(75)91-47-17-48(92-32(2)76)19-49(18-47)107-70-64(110-71-60(101-41(11)85)26-53(27-61(71)102-42(12)86)108-69-58(99-39(9)83)22-51(94-34(4)78)23-59(69)100-40(10)84)24-52(95-35(5)79)25-65(70)111-72-62(103-43(13)87)28-54(29-63(72)104-44(14)88)109-73-66(105-45(15)89)30-57(98-38(8)82)68(74(73)106-46(16)90)67-55(96-36(6)80)20-50(93-33(3)77)21-56(67)97-37(7)81/h17-30H,1-16H3. The molecule has 0 saturated carbocycles. The Hall–Kier alpha value is -14.9. The quantitative estimate of drug-likeness (QED) is 0.0341. The van der Waals surface area contributed by atoms with Gasteiger partial charge in [0.05, 0.1) is 11.1 Å². The molecule has 0 bridgehead atoms. The Labute approximate surface area is 625 Å². The van der Waals surface area contributed by atoms with Gasteiger partial charge in [0, 0.05) is 196 Å². The minimum Gasteiger partial charge on any atom is -0.449 e. The molecule has 0 unspecified atom stereocenters. The van der Waals surface area contributed by atoms with Crippen LogP contribution in [0.15, 0.2) is 84.9 Å². The number of rotatable bonds is 27. The molecule has 111 heavy (non-hydrogen) atoms. The van der Waals surface area contributed by atoms with Crippen LogP contribution in [0.1, 0.15) is 111 Å². The van der Waals surface area contributed by atoms with E-state index in [0.29, 0.717) is 0 Å². The lowest BCUT2D eigenvalue weighted by atomic mass is 9.99. The highest BCUT2D eigenvalue weighted by Crippen LogP contribution is 2.59. The molecule has 0 aliphatic heterocycles. The number of hydrogen-bond acceptors (Lipinski definition) is 37. The van der Waals surface area contributed by atoms with E-state index >= 15 is 0 Å². The summed E-state index contributed by atoms with van der Waals surface area (Å²) in [5.41, 5.74) is -1.29. The molecule has 0 aliphatic carbocycles. The SMILES string of the molecule is CC(=O)Oc1cc(OC(C)=O)cc(Oc2c(Oc3c(OC(C)=O)cc(Oc4c(OC(C)=O)cc(OC(C)=O)cc4OC(C)=O)cc3OC(C)=O)cc(OC(C)=O)cc2Oc2c(OC(C)=O)cc(Oc3c(OC(C)=O)cc(OC(C)=O)c(-c4c(OC(C)=O)cc(OC(C)=O)cc4OC(C)=O)c3OC(C)=O)cc2OC(C)=O)c1. The first-order valence-electron chi connectivity index (χ1n) is 31.7. The molecule has 7 rings (SSSR count). The van der Waals surface area contributed by atoms with Crippen molar-refractivity contribution in [3.8, 4) is 161 Å². The Kier molecular flexibility index (Phi) is 27.3. The van der Waals surface area contributed by atoms with E-state index in [4.69, 9.17) is 99.5 Å². The van der Waals surface area contributed by atoms with E-state index in [-0.39, 0.29) is 17.2 Å². The third-order valence-electron chi connectivity index (χ3n) is 12.5. The van der Waals surface area contributed by atoms with Gasteiger partial charge in [-0.2, -0.15) is 0 Å². The zero-order valence-corrected chi connectivity index (χ0v) is 61.2. The van der Waals surface area contributed by atoms with Crippen molar-refractivity contribution in [3.05, 3.63) is 84.9 Å². The molecule has 0 amide bonds. The minimum atomic E-state index is -1.23. The van der Waals surface area contributed by atoms with Crippen LogP contribution in [0.5, 0.6) is 149 Å². The molecule has 7 aromatic carbocycles. The second-order valence-electron chi connectivity index (χ2n) is 22.3. The van der Waals surface area contributed by atoms with Gasteiger partial charge in [-0.3, -0.25) is 76.7 Å². The van der Waals surface area contributed by atoms with Crippen molar-refractivity contribution in [2.75, 3.05) is 0 Å². The lowest BCUT2D eigenvalue weighted by molar-refractivity contribution is -0.134. The number of hydrogen-bond donors (Lipinski definition) is 0. The lowest BCUT2D eigenvalue weighted by Gasteiger charge is -2.24. The van der Waals surface area contributed by atoms with Gasteiger partial charge in [-0.05, 0) is 0 Å². The van der Waals surface area contributed by atoms with Crippen LogP contribution in [-0.4, -0.2) is 95.5 Å². The highest BCUT2D eigenvalue weighted by Gasteiger charge is 2.36. The molecular formula is C74H62O37. The van der Waals surface area contributed by atoms with Crippen molar-refractivity contribution in [1.29, 1.82) is 0 Å².